The Morgan fingerprint density at radius 1 is 0.500 bits per heavy atom. The second kappa shape index (κ2) is 24.1. The molecule has 0 bridgehead atoms. The molecule has 0 spiro atoms. The molecule has 2 aliphatic heterocycles. The summed E-state index contributed by atoms with van der Waals surface area (Å²) in [5, 5.41) is 22.6. The number of hydrogen-bond acceptors (Lipinski definition) is 7. The van der Waals surface area contributed by atoms with Crippen molar-refractivity contribution in [2.24, 2.45) is 0 Å². The maximum absolute atomic E-state index is 15.2. The minimum atomic E-state index is -1.38. The van der Waals surface area contributed by atoms with Crippen LogP contribution in [-0.2, 0) is 29.8 Å². The minimum absolute atomic E-state index is 0.124. The first-order chi connectivity index (χ1) is 35.0. The number of aromatic nitrogens is 1. The number of amides is 5. The Kier molecular flexibility index (Phi) is 17.1. The molecule has 0 unspecified atom stereocenters. The van der Waals surface area contributed by atoms with E-state index in [0.29, 0.717) is 79.9 Å². The van der Waals surface area contributed by atoms with Crippen molar-refractivity contribution in [3.05, 3.63) is 201 Å². The molecule has 3 heterocycles. The van der Waals surface area contributed by atoms with Crippen molar-refractivity contribution in [1.82, 2.24) is 19.3 Å². The van der Waals surface area contributed by atoms with Crippen molar-refractivity contribution in [3.8, 4) is 0 Å². The number of hydrogen-bond donors (Lipinski definition) is 2. The lowest BCUT2D eigenvalue weighted by Crippen LogP contribution is -2.35. The summed E-state index contributed by atoms with van der Waals surface area (Å²) in [7, 11) is 0. The number of carboxylic acid groups (broad SMARTS) is 1. The van der Waals surface area contributed by atoms with Crippen molar-refractivity contribution in [2.75, 3.05) is 26.2 Å². The number of nitrogens with zero attached hydrogens (tertiary/aromatic N) is 4. The van der Waals surface area contributed by atoms with Crippen LogP contribution in [0.5, 0.6) is 0 Å². The molecule has 72 heavy (non-hydrogen) atoms. The van der Waals surface area contributed by atoms with Crippen LogP contribution in [0.1, 0.15) is 157 Å². The summed E-state index contributed by atoms with van der Waals surface area (Å²) in [6, 6.07) is 44.7. The van der Waals surface area contributed by atoms with Crippen LogP contribution in [0.15, 0.2) is 146 Å². The largest absolute Gasteiger partial charge is 0.481 e. The van der Waals surface area contributed by atoms with Crippen molar-refractivity contribution < 1.29 is 39.0 Å². The van der Waals surface area contributed by atoms with Gasteiger partial charge in [-0.25, -0.2) is 0 Å². The molecular weight excluding hydrogens is 905 g/mol. The molecular formula is C60H64N4O8. The van der Waals surface area contributed by atoms with Gasteiger partial charge in [0.1, 0.15) is 11.3 Å². The Hall–Kier alpha value is -7.44. The minimum Gasteiger partial charge on any atom is -0.481 e. The van der Waals surface area contributed by atoms with Gasteiger partial charge in [-0.05, 0) is 97.5 Å². The van der Waals surface area contributed by atoms with E-state index in [2.05, 4.69) is 0 Å². The Balaban J connectivity index is 0.986. The van der Waals surface area contributed by atoms with Gasteiger partial charge < -0.3 is 19.7 Å². The average Bonchev–Trinajstić information content (AvgIpc) is 3.97. The zero-order chi connectivity index (χ0) is 50.5. The lowest BCUT2D eigenvalue weighted by molar-refractivity contribution is -0.137. The number of carbonyl (C=O) groups excluding carboxylic acids is 5. The third kappa shape index (κ3) is 11.8. The summed E-state index contributed by atoms with van der Waals surface area (Å²) in [6.07, 6.45) is 8.57. The number of imide groups is 2. The molecule has 0 radical (unpaired) electrons. The van der Waals surface area contributed by atoms with Gasteiger partial charge in [0.15, 0.2) is 0 Å². The van der Waals surface area contributed by atoms with Gasteiger partial charge in [-0.15, -0.1) is 0 Å². The Labute approximate surface area is 421 Å². The fourth-order valence-corrected chi connectivity index (χ4v) is 10.3. The van der Waals surface area contributed by atoms with E-state index in [4.69, 9.17) is 0 Å². The summed E-state index contributed by atoms with van der Waals surface area (Å²) in [5.41, 5.74) is 4.91. The molecule has 0 aliphatic carbocycles. The van der Waals surface area contributed by atoms with E-state index in [1.165, 1.54) is 9.80 Å². The molecule has 8 rings (SSSR count). The van der Waals surface area contributed by atoms with Crippen LogP contribution in [-0.4, -0.2) is 91.2 Å². The Morgan fingerprint density at radius 2 is 0.903 bits per heavy atom. The maximum atomic E-state index is 15.2. The van der Waals surface area contributed by atoms with Crippen LogP contribution in [0.4, 0.5) is 0 Å². The second-order valence-electron chi connectivity index (χ2n) is 19.0. The number of unbranched alkanes of at least 4 members (excludes halogenated alkanes) is 8. The second-order valence-corrected chi connectivity index (χ2v) is 19.0. The van der Waals surface area contributed by atoms with Gasteiger partial charge in [0.05, 0.1) is 22.3 Å². The van der Waals surface area contributed by atoms with Crippen molar-refractivity contribution in [2.45, 2.75) is 102 Å². The van der Waals surface area contributed by atoms with Crippen LogP contribution in [0.2, 0.25) is 0 Å². The molecule has 0 fully saturated rings. The highest BCUT2D eigenvalue weighted by Crippen LogP contribution is 2.36. The summed E-state index contributed by atoms with van der Waals surface area (Å²) in [6.45, 7) is 2.07. The fourth-order valence-electron chi connectivity index (χ4n) is 10.3. The van der Waals surface area contributed by atoms with Gasteiger partial charge in [-0.3, -0.25) is 38.6 Å². The van der Waals surface area contributed by atoms with Crippen LogP contribution < -0.4 is 0 Å². The molecule has 2 aliphatic rings. The number of carbonyl (C=O) groups is 6. The predicted molar refractivity (Wildman–Crippen MR) is 276 cm³/mol. The van der Waals surface area contributed by atoms with Crippen LogP contribution in [0, 0.1) is 0 Å². The zero-order valence-electron chi connectivity index (χ0n) is 40.9. The van der Waals surface area contributed by atoms with E-state index >= 15 is 4.79 Å². The number of aliphatic carboxylic acids is 1. The summed E-state index contributed by atoms with van der Waals surface area (Å²) >= 11 is 0. The zero-order valence-corrected chi connectivity index (χ0v) is 40.9. The number of rotatable bonds is 27. The van der Waals surface area contributed by atoms with Gasteiger partial charge in [0.25, 0.3) is 29.5 Å². The molecule has 0 atom stereocenters. The summed E-state index contributed by atoms with van der Waals surface area (Å²) in [4.78, 5) is 83.6. The van der Waals surface area contributed by atoms with Gasteiger partial charge in [0, 0.05) is 44.8 Å². The monoisotopic (exact) mass is 968 g/mol. The van der Waals surface area contributed by atoms with Gasteiger partial charge in [0.2, 0.25) is 0 Å². The average molecular weight is 969 g/mol. The summed E-state index contributed by atoms with van der Waals surface area (Å²) in [5.74, 6) is -2.08. The molecule has 0 saturated heterocycles. The van der Waals surface area contributed by atoms with Crippen LogP contribution in [0.3, 0.4) is 0 Å². The van der Waals surface area contributed by atoms with Gasteiger partial charge in [-0.1, -0.05) is 154 Å². The third-order valence-corrected chi connectivity index (χ3v) is 14.2. The highest BCUT2D eigenvalue weighted by molar-refractivity contribution is 6.22. The number of aryl methyl sites for hydroxylation is 1. The molecule has 12 nitrogen and oxygen atoms in total. The third-order valence-electron chi connectivity index (χ3n) is 14.2. The molecule has 372 valence electrons. The van der Waals surface area contributed by atoms with Crippen molar-refractivity contribution in [3.63, 3.8) is 0 Å². The van der Waals surface area contributed by atoms with E-state index in [1.54, 1.807) is 48.5 Å². The molecule has 12 heteroatoms. The Morgan fingerprint density at radius 3 is 1.35 bits per heavy atom. The first kappa shape index (κ1) is 50.9. The van der Waals surface area contributed by atoms with Crippen molar-refractivity contribution >= 4 is 35.5 Å². The number of fused-ring (bicyclic) bond motifs is 2. The van der Waals surface area contributed by atoms with E-state index in [0.717, 1.165) is 79.3 Å². The number of benzene rings is 5. The molecule has 0 saturated carbocycles. The topological polar surface area (TPSA) is 158 Å². The smallest absolute Gasteiger partial charge is 0.303 e. The SMILES string of the molecule is O=C(O)CCc1cc(C(=O)N(CCCCCCCN2C(=O)c3ccccc3C2=O)CCCCCCCN2C(=O)c3ccccc3C2=O)n(Cc2ccccc2)c1CCC(O)(c1ccccc1)c1ccccc1. The van der Waals surface area contributed by atoms with Gasteiger partial charge in [-0.2, -0.15) is 0 Å². The highest BCUT2D eigenvalue weighted by atomic mass is 16.4. The van der Waals surface area contributed by atoms with E-state index in [1.807, 2.05) is 107 Å². The van der Waals surface area contributed by atoms with Crippen LogP contribution >= 0.6 is 0 Å². The fraction of sp³-hybridized carbons (Fsp3) is 0.333. The normalized spacial score (nSPS) is 13.2. The first-order valence-corrected chi connectivity index (χ1v) is 25.6. The maximum Gasteiger partial charge on any atom is 0.303 e. The Bertz CT molecular complexity index is 2660. The molecule has 5 aromatic carbocycles. The van der Waals surface area contributed by atoms with Gasteiger partial charge >= 0.3 is 5.97 Å². The molecule has 6 aromatic rings. The lowest BCUT2D eigenvalue weighted by Gasteiger charge is -2.30. The van der Waals surface area contributed by atoms with E-state index in [-0.39, 0.29) is 48.8 Å². The first-order valence-electron chi connectivity index (χ1n) is 25.6. The van der Waals surface area contributed by atoms with E-state index < -0.39 is 11.6 Å². The standard InChI is InChI=1S/C60H64N4O8/c65-54(66)35-34-45-42-53(64(43-44-24-10-7-11-25-44)52(45)36-37-60(72,46-26-12-8-13-27-46)47-28-14-9-15-29-47)59(71)61(38-20-3-1-5-22-40-62-55(67)48-30-16-17-31-49(48)56(62)68)39-21-4-2-6-23-41-63-57(69)50-32-18-19-33-51(50)58(63)70/h7-19,24-33,42,72H,1-6,20-23,34-41,43H2,(H,65,66). The van der Waals surface area contributed by atoms with E-state index in [9.17, 15) is 34.2 Å². The number of aliphatic hydroxyl groups is 1. The molecule has 5 amide bonds. The highest BCUT2D eigenvalue weighted by Gasteiger charge is 2.36. The molecule has 1 aromatic heterocycles. The summed E-state index contributed by atoms with van der Waals surface area (Å²) < 4.78 is 2.04. The van der Waals surface area contributed by atoms with Crippen LogP contribution in [0.25, 0.3) is 0 Å². The van der Waals surface area contributed by atoms with Crippen molar-refractivity contribution in [1.29, 1.82) is 0 Å². The predicted octanol–water partition coefficient (Wildman–Crippen LogP) is 10.4. The number of carboxylic acids is 1. The quantitative estimate of drug-likeness (QED) is 0.0382. The lowest BCUT2D eigenvalue weighted by atomic mass is 9.82. The molecule has 2 N–H and O–H groups in total.